The lowest BCUT2D eigenvalue weighted by Gasteiger charge is -2.24. The van der Waals surface area contributed by atoms with E-state index in [4.69, 9.17) is 0 Å². The highest BCUT2D eigenvalue weighted by atomic mass is 16.3. The average Bonchev–Trinajstić information content (AvgIpc) is 3.27. The maximum absolute atomic E-state index is 12.9. The van der Waals surface area contributed by atoms with Crippen LogP contribution in [-0.2, 0) is 5.54 Å². The van der Waals surface area contributed by atoms with Crippen LogP contribution in [0.5, 0.6) is 0 Å². The first-order valence-corrected chi connectivity index (χ1v) is 8.67. The van der Waals surface area contributed by atoms with Gasteiger partial charge in [-0.05, 0) is 37.0 Å². The van der Waals surface area contributed by atoms with Gasteiger partial charge in [0.2, 0.25) is 0 Å². The van der Waals surface area contributed by atoms with Crippen LogP contribution >= 0.6 is 0 Å². The number of aliphatic hydroxyl groups is 1. The molecule has 4 atom stereocenters. The molecule has 1 N–H and O–H groups in total. The zero-order valence-electron chi connectivity index (χ0n) is 13.6. The predicted molar refractivity (Wildman–Crippen MR) is 90.5 cm³/mol. The van der Waals surface area contributed by atoms with Gasteiger partial charge in [-0.25, -0.2) is 5.01 Å². The standard InChI is InChI=1S/C20H18N2O3/c23-16-11-6-12-20(13-7-2-1-3-8-13)17(16)22(20)21-18(24)14-9-4-5-10-15(14)19(21)25/h1-5,7-10,16-17,23H,6,11-12H2/t16-,17-,20-,22?/m1/s1. The fraction of sp³-hybridized carbons (Fsp3) is 0.300. The molecule has 5 rings (SSSR count). The third-order valence-corrected chi connectivity index (χ3v) is 5.78. The van der Waals surface area contributed by atoms with Crippen LogP contribution in [-0.4, -0.2) is 39.1 Å². The van der Waals surface area contributed by atoms with Crippen LogP contribution < -0.4 is 0 Å². The largest absolute Gasteiger partial charge is 0.391 e. The highest BCUT2D eigenvalue weighted by Crippen LogP contribution is 2.59. The van der Waals surface area contributed by atoms with Crippen molar-refractivity contribution in [2.24, 2.45) is 0 Å². The van der Waals surface area contributed by atoms with E-state index >= 15 is 0 Å². The molecule has 5 heteroatoms. The van der Waals surface area contributed by atoms with Crippen LogP contribution in [0.1, 0.15) is 45.5 Å². The molecule has 0 bridgehead atoms. The molecule has 126 valence electrons. The molecule has 25 heavy (non-hydrogen) atoms. The van der Waals surface area contributed by atoms with Crippen LogP contribution in [0.4, 0.5) is 0 Å². The van der Waals surface area contributed by atoms with Gasteiger partial charge in [-0.2, -0.15) is 5.01 Å². The summed E-state index contributed by atoms with van der Waals surface area (Å²) in [6.07, 6.45) is 1.84. The molecule has 0 radical (unpaired) electrons. The molecule has 5 nitrogen and oxygen atoms in total. The van der Waals surface area contributed by atoms with Crippen LogP contribution in [0.15, 0.2) is 54.6 Å². The number of imide groups is 1. The van der Waals surface area contributed by atoms with Gasteiger partial charge in [0.1, 0.15) is 0 Å². The summed E-state index contributed by atoms with van der Waals surface area (Å²) in [6.45, 7) is 0. The smallest absolute Gasteiger partial charge is 0.276 e. The van der Waals surface area contributed by atoms with Crippen LogP contribution in [0.2, 0.25) is 0 Å². The van der Waals surface area contributed by atoms with Gasteiger partial charge in [-0.15, -0.1) is 0 Å². The van der Waals surface area contributed by atoms with Gasteiger partial charge in [0, 0.05) is 0 Å². The van der Waals surface area contributed by atoms with Crippen molar-refractivity contribution < 1.29 is 14.7 Å². The Balaban J connectivity index is 1.61. The van der Waals surface area contributed by atoms with E-state index in [0.29, 0.717) is 17.5 Å². The van der Waals surface area contributed by atoms with Gasteiger partial charge < -0.3 is 5.11 Å². The highest BCUT2D eigenvalue weighted by Gasteiger charge is 2.72. The minimum atomic E-state index is -0.543. The summed E-state index contributed by atoms with van der Waals surface area (Å²) >= 11 is 0. The topological polar surface area (TPSA) is 60.6 Å². The molecular formula is C20H18N2O3. The number of carbonyl (C=O) groups is 2. The van der Waals surface area contributed by atoms with Gasteiger partial charge in [0.15, 0.2) is 0 Å². The molecule has 1 aliphatic carbocycles. The summed E-state index contributed by atoms with van der Waals surface area (Å²) < 4.78 is 0. The van der Waals surface area contributed by atoms with E-state index in [1.165, 1.54) is 5.01 Å². The zero-order valence-corrected chi connectivity index (χ0v) is 13.6. The van der Waals surface area contributed by atoms with Gasteiger partial charge in [-0.1, -0.05) is 42.5 Å². The van der Waals surface area contributed by atoms with Crippen molar-refractivity contribution in [3.63, 3.8) is 0 Å². The van der Waals surface area contributed by atoms with Gasteiger partial charge >= 0.3 is 0 Å². The van der Waals surface area contributed by atoms with Crippen molar-refractivity contribution in [3.05, 3.63) is 71.3 Å². The van der Waals surface area contributed by atoms with Gasteiger partial charge in [0.25, 0.3) is 11.8 Å². The average molecular weight is 334 g/mol. The van der Waals surface area contributed by atoms with Crippen molar-refractivity contribution in [2.75, 3.05) is 0 Å². The van der Waals surface area contributed by atoms with Crippen LogP contribution in [0.3, 0.4) is 0 Å². The number of rotatable bonds is 2. The molecule has 3 aliphatic rings. The number of hydrazine groups is 1. The highest BCUT2D eigenvalue weighted by molar-refractivity contribution is 6.21. The van der Waals surface area contributed by atoms with E-state index in [0.717, 1.165) is 18.4 Å². The number of fused-ring (bicyclic) bond motifs is 2. The Labute approximate surface area is 145 Å². The minimum Gasteiger partial charge on any atom is -0.391 e. The van der Waals surface area contributed by atoms with E-state index in [1.54, 1.807) is 24.3 Å². The maximum Gasteiger partial charge on any atom is 0.276 e. The lowest BCUT2D eigenvalue weighted by Crippen LogP contribution is -2.39. The Bertz CT molecular complexity index is 847. The summed E-state index contributed by atoms with van der Waals surface area (Å²) in [5, 5.41) is 13.7. The number of hydrogen-bond acceptors (Lipinski definition) is 4. The first-order chi connectivity index (χ1) is 12.2. The van der Waals surface area contributed by atoms with E-state index in [9.17, 15) is 14.7 Å². The lowest BCUT2D eigenvalue weighted by atomic mass is 9.82. The second-order valence-corrected chi connectivity index (χ2v) is 7.01. The maximum atomic E-state index is 12.9. The SMILES string of the molecule is O=C1c2ccccc2C(=O)N1N1[C@@H]2[C@H](O)CCC[C@@]21c1ccccc1. The summed E-state index contributed by atoms with van der Waals surface area (Å²) in [4.78, 5) is 25.8. The first-order valence-electron chi connectivity index (χ1n) is 8.67. The molecule has 1 saturated carbocycles. The van der Waals surface area contributed by atoms with Gasteiger partial charge in [-0.3, -0.25) is 9.59 Å². The fourth-order valence-corrected chi connectivity index (χ4v) is 4.67. The third kappa shape index (κ3) is 1.79. The number of aliphatic hydroxyl groups excluding tert-OH is 1. The van der Waals surface area contributed by atoms with Crippen molar-refractivity contribution in [1.29, 1.82) is 0 Å². The number of benzene rings is 2. The monoisotopic (exact) mass is 334 g/mol. The van der Waals surface area contributed by atoms with Gasteiger partial charge in [0.05, 0.1) is 28.8 Å². The van der Waals surface area contributed by atoms with E-state index in [2.05, 4.69) is 0 Å². The molecule has 2 amide bonds. The first kappa shape index (κ1) is 14.8. The second kappa shape index (κ2) is 5.00. The molecule has 1 unspecified atom stereocenters. The molecular weight excluding hydrogens is 316 g/mol. The number of carbonyl (C=O) groups excluding carboxylic acids is 2. The molecule has 2 heterocycles. The Morgan fingerprint density at radius 2 is 1.52 bits per heavy atom. The Morgan fingerprint density at radius 1 is 0.920 bits per heavy atom. The third-order valence-electron chi connectivity index (χ3n) is 5.78. The summed E-state index contributed by atoms with van der Waals surface area (Å²) in [6, 6.07) is 16.6. The summed E-state index contributed by atoms with van der Waals surface area (Å²) in [7, 11) is 0. The second-order valence-electron chi connectivity index (χ2n) is 7.01. The molecule has 2 aromatic rings. The summed E-state index contributed by atoms with van der Waals surface area (Å²) in [5.41, 5.74) is 1.46. The minimum absolute atomic E-state index is 0.231. The van der Waals surface area contributed by atoms with Crippen molar-refractivity contribution >= 4 is 11.8 Å². The van der Waals surface area contributed by atoms with Crippen molar-refractivity contribution in [3.8, 4) is 0 Å². The molecule has 2 fully saturated rings. The number of hydrogen-bond donors (Lipinski definition) is 1. The molecule has 2 aromatic carbocycles. The predicted octanol–water partition coefficient (Wildman–Crippen LogP) is 2.32. The van der Waals surface area contributed by atoms with Crippen molar-refractivity contribution in [2.45, 2.75) is 36.9 Å². The molecule has 0 spiro atoms. The van der Waals surface area contributed by atoms with Crippen LogP contribution in [0, 0.1) is 0 Å². The normalized spacial score (nSPS) is 33.2. The lowest BCUT2D eigenvalue weighted by molar-refractivity contribution is 0.0251. The molecule has 1 saturated heterocycles. The quantitative estimate of drug-likeness (QED) is 0.676. The Hall–Kier alpha value is -2.50. The van der Waals surface area contributed by atoms with Crippen LogP contribution in [0.25, 0.3) is 0 Å². The Kier molecular flexibility index (Phi) is 2.96. The summed E-state index contributed by atoms with van der Waals surface area (Å²) in [5.74, 6) is -0.588. The molecule has 2 aliphatic heterocycles. The fourth-order valence-electron chi connectivity index (χ4n) is 4.67. The number of amides is 2. The van der Waals surface area contributed by atoms with Crippen molar-refractivity contribution in [1.82, 2.24) is 10.0 Å². The molecule has 0 aromatic heterocycles. The van der Waals surface area contributed by atoms with E-state index < -0.39 is 11.6 Å². The Morgan fingerprint density at radius 3 is 2.16 bits per heavy atom. The van der Waals surface area contributed by atoms with E-state index in [1.807, 2.05) is 35.3 Å². The zero-order chi connectivity index (χ0) is 17.2. The van der Waals surface area contributed by atoms with E-state index in [-0.39, 0.29) is 17.9 Å². The number of nitrogens with zero attached hydrogens (tertiary/aromatic N) is 2.